The number of anilines is 1. The number of benzene rings is 1. The van der Waals surface area contributed by atoms with Crippen molar-refractivity contribution in [3.63, 3.8) is 0 Å². The number of carbonyl (C=O) groups excluding carboxylic acids is 2. The number of nitrogens with one attached hydrogen (secondary N) is 1. The highest BCUT2D eigenvalue weighted by Gasteiger charge is 2.11. The van der Waals surface area contributed by atoms with Gasteiger partial charge >= 0.3 is 6.03 Å². The predicted octanol–water partition coefficient (Wildman–Crippen LogP) is 0.906. The Balaban J connectivity index is 1.97. The Labute approximate surface area is 103 Å². The highest BCUT2D eigenvalue weighted by molar-refractivity contribution is 6.03. The summed E-state index contributed by atoms with van der Waals surface area (Å²) in [4.78, 5) is 27.1. The van der Waals surface area contributed by atoms with Crippen molar-refractivity contribution in [1.29, 1.82) is 0 Å². The second-order valence-corrected chi connectivity index (χ2v) is 3.64. The zero-order valence-corrected chi connectivity index (χ0v) is 9.54. The number of nitrogen functional groups attached to an aromatic ring is 1. The van der Waals surface area contributed by atoms with E-state index in [4.69, 9.17) is 5.73 Å². The van der Waals surface area contributed by atoms with Gasteiger partial charge in [0.2, 0.25) is 0 Å². The molecule has 2 aromatic rings. The number of ketones is 1. The molecule has 0 fully saturated rings. The van der Waals surface area contributed by atoms with Crippen LogP contribution in [0.2, 0.25) is 0 Å². The minimum atomic E-state index is -0.407. The number of amides is 1. The fraction of sp³-hybridized carbons (Fsp3) is 0.0833. The molecule has 1 aromatic heterocycles. The van der Waals surface area contributed by atoms with E-state index < -0.39 is 6.03 Å². The summed E-state index contributed by atoms with van der Waals surface area (Å²) in [5, 5.41) is 2.49. The van der Waals surface area contributed by atoms with E-state index in [0.29, 0.717) is 11.3 Å². The molecule has 0 atom stereocenters. The molecule has 0 unspecified atom stereocenters. The Hall–Kier alpha value is -2.63. The van der Waals surface area contributed by atoms with Crippen LogP contribution in [0.15, 0.2) is 43.0 Å². The Morgan fingerprint density at radius 3 is 2.78 bits per heavy atom. The first-order valence-corrected chi connectivity index (χ1v) is 5.32. The van der Waals surface area contributed by atoms with Crippen molar-refractivity contribution in [3.05, 3.63) is 48.5 Å². The van der Waals surface area contributed by atoms with Crippen LogP contribution in [0.3, 0.4) is 0 Å². The molecule has 6 nitrogen and oxygen atoms in total. The number of nitrogens with zero attached hydrogens (tertiary/aromatic N) is 2. The van der Waals surface area contributed by atoms with Crippen molar-refractivity contribution in [3.8, 4) is 0 Å². The number of imidazole rings is 1. The molecule has 0 saturated heterocycles. The Bertz CT molecular complexity index is 563. The van der Waals surface area contributed by atoms with E-state index in [1.54, 1.807) is 24.3 Å². The van der Waals surface area contributed by atoms with E-state index in [0.717, 1.165) is 0 Å². The topological polar surface area (TPSA) is 90.0 Å². The van der Waals surface area contributed by atoms with Crippen LogP contribution in [0.1, 0.15) is 10.4 Å². The first kappa shape index (κ1) is 11.8. The summed E-state index contributed by atoms with van der Waals surface area (Å²) < 4.78 is 1.25. The summed E-state index contributed by atoms with van der Waals surface area (Å²) in [6.07, 6.45) is 4.34. The maximum atomic E-state index is 11.8. The molecule has 6 heteroatoms. The molecule has 0 bridgehead atoms. The maximum absolute atomic E-state index is 11.8. The Kier molecular flexibility index (Phi) is 3.38. The van der Waals surface area contributed by atoms with Crippen molar-refractivity contribution < 1.29 is 9.59 Å². The molecule has 1 amide bonds. The number of hydrogen-bond donors (Lipinski definition) is 2. The molecular weight excluding hydrogens is 232 g/mol. The molecule has 0 spiro atoms. The molecule has 0 saturated carbocycles. The quantitative estimate of drug-likeness (QED) is 0.620. The van der Waals surface area contributed by atoms with Crippen molar-refractivity contribution >= 4 is 17.5 Å². The van der Waals surface area contributed by atoms with Crippen molar-refractivity contribution in [2.75, 3.05) is 12.3 Å². The van der Waals surface area contributed by atoms with Gasteiger partial charge < -0.3 is 11.1 Å². The molecule has 3 N–H and O–H groups in total. The Morgan fingerprint density at radius 2 is 2.11 bits per heavy atom. The molecule has 0 aliphatic rings. The van der Waals surface area contributed by atoms with Crippen molar-refractivity contribution in [2.24, 2.45) is 0 Å². The average molecular weight is 244 g/mol. The van der Waals surface area contributed by atoms with E-state index in [2.05, 4.69) is 10.3 Å². The number of carbonyl (C=O) groups is 2. The number of hydrogen-bond acceptors (Lipinski definition) is 4. The zero-order valence-electron chi connectivity index (χ0n) is 9.54. The SMILES string of the molecule is Nc1ccccc1C(=O)CNC(=O)n1ccnc1. The van der Waals surface area contributed by atoms with Gasteiger partial charge in [0, 0.05) is 23.6 Å². The number of aromatic nitrogens is 2. The first-order chi connectivity index (χ1) is 8.68. The predicted molar refractivity (Wildman–Crippen MR) is 66.2 cm³/mol. The van der Waals surface area contributed by atoms with Gasteiger partial charge in [-0.1, -0.05) is 12.1 Å². The third-order valence-electron chi connectivity index (χ3n) is 2.40. The summed E-state index contributed by atoms with van der Waals surface area (Å²) >= 11 is 0. The van der Waals surface area contributed by atoms with Gasteiger partial charge in [-0.05, 0) is 12.1 Å². The number of nitrogens with two attached hydrogens (primary N) is 1. The van der Waals surface area contributed by atoms with Crippen LogP contribution < -0.4 is 11.1 Å². The minimum Gasteiger partial charge on any atom is -0.398 e. The van der Waals surface area contributed by atoms with Gasteiger partial charge in [0.15, 0.2) is 5.78 Å². The van der Waals surface area contributed by atoms with Gasteiger partial charge in [-0.25, -0.2) is 9.78 Å². The number of para-hydroxylation sites is 1. The fourth-order valence-corrected chi connectivity index (χ4v) is 1.47. The smallest absolute Gasteiger partial charge is 0.327 e. The van der Waals surface area contributed by atoms with Gasteiger partial charge in [0.25, 0.3) is 0 Å². The number of Topliss-reactive ketones (excluding diaryl/α,β-unsaturated/α-hetero) is 1. The van der Waals surface area contributed by atoms with E-state index in [-0.39, 0.29) is 12.3 Å². The van der Waals surface area contributed by atoms with Crippen molar-refractivity contribution in [1.82, 2.24) is 14.9 Å². The second kappa shape index (κ2) is 5.13. The summed E-state index contributed by atoms with van der Waals surface area (Å²) in [5.74, 6) is -0.235. The molecule has 2 rings (SSSR count). The zero-order chi connectivity index (χ0) is 13.0. The van der Waals surface area contributed by atoms with Crippen LogP contribution in [0.5, 0.6) is 0 Å². The van der Waals surface area contributed by atoms with Crippen molar-refractivity contribution in [2.45, 2.75) is 0 Å². The lowest BCUT2D eigenvalue weighted by Gasteiger charge is -2.06. The van der Waals surface area contributed by atoms with Crippen LogP contribution in [0, 0.1) is 0 Å². The molecule has 0 radical (unpaired) electrons. The summed E-state index contributed by atoms with van der Waals surface area (Å²) in [5.41, 5.74) is 6.48. The standard InChI is InChI=1S/C12H12N4O2/c13-10-4-2-1-3-9(10)11(17)7-15-12(18)16-6-5-14-8-16/h1-6,8H,7,13H2,(H,15,18). The number of rotatable bonds is 3. The average Bonchev–Trinajstić information content (AvgIpc) is 2.90. The molecule has 1 aromatic carbocycles. The fourth-order valence-electron chi connectivity index (χ4n) is 1.47. The normalized spacial score (nSPS) is 10.0. The van der Waals surface area contributed by atoms with E-state index in [1.807, 2.05) is 0 Å². The van der Waals surface area contributed by atoms with E-state index in [1.165, 1.54) is 23.3 Å². The monoisotopic (exact) mass is 244 g/mol. The highest BCUT2D eigenvalue weighted by atomic mass is 16.2. The van der Waals surface area contributed by atoms with Gasteiger partial charge in [0.1, 0.15) is 6.33 Å². The summed E-state index contributed by atoms with van der Waals surface area (Å²) in [6.45, 7) is -0.106. The maximum Gasteiger partial charge on any atom is 0.327 e. The van der Waals surface area contributed by atoms with Gasteiger partial charge in [0.05, 0.1) is 6.54 Å². The van der Waals surface area contributed by atoms with Gasteiger partial charge in [-0.15, -0.1) is 0 Å². The third-order valence-corrected chi connectivity index (χ3v) is 2.40. The van der Waals surface area contributed by atoms with Crippen LogP contribution in [-0.2, 0) is 0 Å². The molecule has 0 aliphatic heterocycles. The molecular formula is C12H12N4O2. The summed E-state index contributed by atoms with van der Waals surface area (Å²) in [6, 6.07) is 6.33. The highest BCUT2D eigenvalue weighted by Crippen LogP contribution is 2.10. The lowest BCUT2D eigenvalue weighted by molar-refractivity contribution is 0.0993. The van der Waals surface area contributed by atoms with Crippen LogP contribution in [0.25, 0.3) is 0 Å². The van der Waals surface area contributed by atoms with E-state index in [9.17, 15) is 9.59 Å². The lowest BCUT2D eigenvalue weighted by Crippen LogP contribution is -2.32. The minimum absolute atomic E-state index is 0.106. The van der Waals surface area contributed by atoms with Gasteiger partial charge in [-0.2, -0.15) is 0 Å². The van der Waals surface area contributed by atoms with Crippen LogP contribution in [-0.4, -0.2) is 27.9 Å². The summed E-state index contributed by atoms with van der Waals surface area (Å²) in [7, 11) is 0. The van der Waals surface area contributed by atoms with Gasteiger partial charge in [-0.3, -0.25) is 9.36 Å². The largest absolute Gasteiger partial charge is 0.398 e. The van der Waals surface area contributed by atoms with Crippen LogP contribution in [0.4, 0.5) is 10.5 Å². The van der Waals surface area contributed by atoms with E-state index >= 15 is 0 Å². The third kappa shape index (κ3) is 2.54. The molecule has 1 heterocycles. The molecule has 0 aliphatic carbocycles. The van der Waals surface area contributed by atoms with Crippen LogP contribution >= 0.6 is 0 Å². The Morgan fingerprint density at radius 1 is 1.33 bits per heavy atom. The molecule has 18 heavy (non-hydrogen) atoms. The first-order valence-electron chi connectivity index (χ1n) is 5.32. The lowest BCUT2D eigenvalue weighted by atomic mass is 10.1. The molecule has 92 valence electrons. The second-order valence-electron chi connectivity index (χ2n) is 3.64.